The first-order valence-electron chi connectivity index (χ1n) is 7.06. The summed E-state index contributed by atoms with van der Waals surface area (Å²) in [5.74, 6) is 0.753. The summed E-state index contributed by atoms with van der Waals surface area (Å²) in [6.07, 6.45) is 1.83. The molecular weight excluding hydrogens is 280 g/mol. The van der Waals surface area contributed by atoms with E-state index in [4.69, 9.17) is 4.74 Å². The van der Waals surface area contributed by atoms with Crippen LogP contribution in [0.15, 0.2) is 0 Å². The molecular formula is C13H22N2O4S. The number of morpholine rings is 1. The second-order valence-electron chi connectivity index (χ2n) is 5.05. The number of carbonyl (C=O) groups is 2. The van der Waals surface area contributed by atoms with Crippen molar-refractivity contribution in [3.05, 3.63) is 0 Å². The number of amides is 2. The average Bonchev–Trinajstić information content (AvgIpc) is 2.96. The van der Waals surface area contributed by atoms with Crippen molar-refractivity contribution in [1.29, 1.82) is 0 Å². The molecule has 0 saturated carbocycles. The van der Waals surface area contributed by atoms with Crippen molar-refractivity contribution in [1.82, 2.24) is 9.80 Å². The Bertz CT molecular complexity index is 347. The number of hydrogen-bond acceptors (Lipinski definition) is 5. The van der Waals surface area contributed by atoms with Crippen molar-refractivity contribution in [3.63, 3.8) is 0 Å². The molecule has 1 atom stereocenters. The molecule has 1 N–H and O–H groups in total. The van der Waals surface area contributed by atoms with E-state index in [0.717, 1.165) is 19.4 Å². The zero-order valence-corrected chi connectivity index (χ0v) is 12.4. The fourth-order valence-corrected chi connectivity index (χ4v) is 3.37. The predicted octanol–water partition coefficient (Wildman–Crippen LogP) is -0.438. The molecule has 6 nitrogen and oxygen atoms in total. The van der Waals surface area contributed by atoms with Crippen molar-refractivity contribution in [3.8, 4) is 0 Å². The minimum Gasteiger partial charge on any atom is -0.394 e. The summed E-state index contributed by atoms with van der Waals surface area (Å²) in [5, 5.41) is 9.20. The van der Waals surface area contributed by atoms with Crippen LogP contribution in [-0.2, 0) is 14.3 Å². The standard InChI is InChI=1S/C13H22N2O4S/c16-8-11-2-1-3-15(11)13(18)10-20-9-12(17)14-4-6-19-7-5-14/h11,16H,1-10H2/t11-/m0/s1. The molecule has 0 aliphatic carbocycles. The van der Waals surface area contributed by atoms with Gasteiger partial charge in [0.1, 0.15) is 0 Å². The number of hydrogen-bond donors (Lipinski definition) is 1. The van der Waals surface area contributed by atoms with Gasteiger partial charge in [0.15, 0.2) is 0 Å². The highest BCUT2D eigenvalue weighted by Gasteiger charge is 2.28. The Balaban J connectivity index is 1.67. The number of aliphatic hydroxyl groups is 1. The number of carbonyl (C=O) groups excluding carboxylic acids is 2. The monoisotopic (exact) mass is 302 g/mol. The highest BCUT2D eigenvalue weighted by Crippen LogP contribution is 2.18. The van der Waals surface area contributed by atoms with Crippen LogP contribution in [0.3, 0.4) is 0 Å². The molecule has 2 heterocycles. The van der Waals surface area contributed by atoms with Crippen molar-refractivity contribution < 1.29 is 19.4 Å². The molecule has 2 aliphatic heterocycles. The third-order valence-corrected chi connectivity index (χ3v) is 4.63. The summed E-state index contributed by atoms with van der Waals surface area (Å²) >= 11 is 1.36. The molecule has 0 spiro atoms. The lowest BCUT2D eigenvalue weighted by molar-refractivity contribution is -0.132. The minimum atomic E-state index is -0.0296. The normalized spacial score (nSPS) is 23.1. The second-order valence-corrected chi connectivity index (χ2v) is 6.04. The van der Waals surface area contributed by atoms with Gasteiger partial charge in [0.25, 0.3) is 0 Å². The Morgan fingerprint density at radius 3 is 2.55 bits per heavy atom. The minimum absolute atomic E-state index is 0.0290. The highest BCUT2D eigenvalue weighted by atomic mass is 32.2. The van der Waals surface area contributed by atoms with Crippen LogP contribution < -0.4 is 0 Å². The zero-order valence-electron chi connectivity index (χ0n) is 11.6. The van der Waals surface area contributed by atoms with E-state index >= 15 is 0 Å². The van der Waals surface area contributed by atoms with Crippen molar-refractivity contribution in [2.45, 2.75) is 18.9 Å². The van der Waals surface area contributed by atoms with E-state index in [2.05, 4.69) is 0 Å². The van der Waals surface area contributed by atoms with E-state index in [1.807, 2.05) is 0 Å². The summed E-state index contributed by atoms with van der Waals surface area (Å²) in [6.45, 7) is 3.24. The van der Waals surface area contributed by atoms with E-state index in [1.165, 1.54) is 11.8 Å². The van der Waals surface area contributed by atoms with Crippen LogP contribution in [0.2, 0.25) is 0 Å². The van der Waals surface area contributed by atoms with E-state index in [0.29, 0.717) is 37.8 Å². The van der Waals surface area contributed by atoms with E-state index < -0.39 is 0 Å². The van der Waals surface area contributed by atoms with Gasteiger partial charge in [-0.3, -0.25) is 9.59 Å². The number of thioether (sulfide) groups is 1. The summed E-state index contributed by atoms with van der Waals surface area (Å²) < 4.78 is 5.20. The van der Waals surface area contributed by atoms with Crippen LogP contribution in [0.4, 0.5) is 0 Å². The number of likely N-dealkylation sites (tertiary alicyclic amines) is 1. The van der Waals surface area contributed by atoms with E-state index in [-0.39, 0.29) is 24.5 Å². The van der Waals surface area contributed by atoms with Gasteiger partial charge in [-0.1, -0.05) is 0 Å². The van der Waals surface area contributed by atoms with Crippen LogP contribution in [0.1, 0.15) is 12.8 Å². The summed E-state index contributed by atoms with van der Waals surface area (Å²) in [6, 6.07) is -0.0296. The molecule has 2 saturated heterocycles. The molecule has 114 valence electrons. The van der Waals surface area contributed by atoms with Gasteiger partial charge in [-0.2, -0.15) is 0 Å². The van der Waals surface area contributed by atoms with E-state index in [1.54, 1.807) is 9.80 Å². The maximum absolute atomic E-state index is 12.0. The van der Waals surface area contributed by atoms with Crippen LogP contribution >= 0.6 is 11.8 Å². The molecule has 0 aromatic heterocycles. The van der Waals surface area contributed by atoms with Gasteiger partial charge in [0, 0.05) is 19.6 Å². The topological polar surface area (TPSA) is 70.1 Å². The van der Waals surface area contributed by atoms with Crippen molar-refractivity contribution >= 4 is 23.6 Å². The van der Waals surface area contributed by atoms with Gasteiger partial charge in [-0.05, 0) is 12.8 Å². The van der Waals surface area contributed by atoms with Gasteiger partial charge in [-0.15, -0.1) is 11.8 Å². The molecule has 20 heavy (non-hydrogen) atoms. The maximum Gasteiger partial charge on any atom is 0.232 e. The second kappa shape index (κ2) is 7.85. The van der Waals surface area contributed by atoms with Gasteiger partial charge in [0.2, 0.25) is 11.8 Å². The first-order valence-corrected chi connectivity index (χ1v) is 8.21. The molecule has 0 bridgehead atoms. The van der Waals surface area contributed by atoms with Crippen LogP contribution in [0.25, 0.3) is 0 Å². The third-order valence-electron chi connectivity index (χ3n) is 3.72. The molecule has 2 rings (SSSR count). The van der Waals surface area contributed by atoms with Gasteiger partial charge in [-0.25, -0.2) is 0 Å². The molecule has 0 radical (unpaired) electrons. The number of ether oxygens (including phenoxy) is 1. The van der Waals surface area contributed by atoms with Gasteiger partial charge >= 0.3 is 0 Å². The van der Waals surface area contributed by atoms with E-state index in [9.17, 15) is 14.7 Å². The molecule has 0 unspecified atom stereocenters. The molecule has 0 aromatic carbocycles. The quantitative estimate of drug-likeness (QED) is 0.746. The van der Waals surface area contributed by atoms with Gasteiger partial charge in [0.05, 0.1) is 37.4 Å². The maximum atomic E-state index is 12.0. The lowest BCUT2D eigenvalue weighted by Crippen LogP contribution is -2.42. The Morgan fingerprint density at radius 1 is 1.15 bits per heavy atom. The molecule has 2 aliphatic rings. The molecule has 7 heteroatoms. The zero-order chi connectivity index (χ0) is 14.4. The molecule has 2 fully saturated rings. The Morgan fingerprint density at radius 2 is 1.85 bits per heavy atom. The fourth-order valence-electron chi connectivity index (χ4n) is 2.57. The number of nitrogens with zero attached hydrogens (tertiary/aromatic N) is 2. The lowest BCUT2D eigenvalue weighted by atomic mass is 10.2. The smallest absolute Gasteiger partial charge is 0.232 e. The molecule has 2 amide bonds. The average molecular weight is 302 g/mol. The largest absolute Gasteiger partial charge is 0.394 e. The third kappa shape index (κ3) is 4.10. The predicted molar refractivity (Wildman–Crippen MR) is 76.5 cm³/mol. The number of aliphatic hydroxyl groups excluding tert-OH is 1. The van der Waals surface area contributed by atoms with Crippen molar-refractivity contribution in [2.75, 3.05) is 51.0 Å². The van der Waals surface area contributed by atoms with Crippen LogP contribution in [-0.4, -0.2) is 83.7 Å². The lowest BCUT2D eigenvalue weighted by Gasteiger charge is -2.27. The summed E-state index contributed by atoms with van der Waals surface area (Å²) in [5.41, 5.74) is 0. The van der Waals surface area contributed by atoms with Gasteiger partial charge < -0.3 is 19.6 Å². The Kier molecular flexibility index (Phi) is 6.12. The SMILES string of the molecule is O=C(CSCC(=O)N1CCC[C@H]1CO)N1CCOCC1. The van der Waals surface area contributed by atoms with Crippen molar-refractivity contribution in [2.24, 2.45) is 0 Å². The Hall–Kier alpha value is -0.790. The van der Waals surface area contributed by atoms with Crippen LogP contribution in [0, 0.1) is 0 Å². The first-order chi connectivity index (χ1) is 9.72. The first kappa shape index (κ1) is 15.6. The Labute approximate surface area is 123 Å². The summed E-state index contributed by atoms with van der Waals surface area (Å²) in [7, 11) is 0. The highest BCUT2D eigenvalue weighted by molar-refractivity contribution is 8.00. The summed E-state index contributed by atoms with van der Waals surface area (Å²) in [4.78, 5) is 27.5. The van der Waals surface area contributed by atoms with Crippen LogP contribution in [0.5, 0.6) is 0 Å². The fraction of sp³-hybridized carbons (Fsp3) is 0.846. The number of rotatable bonds is 5. The molecule has 0 aromatic rings.